The van der Waals surface area contributed by atoms with Crippen LogP contribution in [0.1, 0.15) is 34.1 Å². The third kappa shape index (κ3) is 10.2. The van der Waals surface area contributed by atoms with E-state index in [9.17, 15) is 8.42 Å². The van der Waals surface area contributed by atoms with Crippen molar-refractivity contribution in [2.75, 3.05) is 24.6 Å². The van der Waals surface area contributed by atoms with E-state index in [2.05, 4.69) is 19.2 Å². The summed E-state index contributed by atoms with van der Waals surface area (Å²) in [5.41, 5.74) is 0. The molecule has 4 heteroatoms. The molecule has 0 amide bonds. The third-order valence-corrected chi connectivity index (χ3v) is 3.83. The van der Waals surface area contributed by atoms with E-state index in [0.717, 1.165) is 13.0 Å². The molecule has 0 aromatic rings. The fourth-order valence-electron chi connectivity index (χ4n) is 1.14. The minimum Gasteiger partial charge on any atom is -0.315 e. The SMILES string of the molecule is CC(C)CCS(=O)(=O)CCNCC(C)C. The molecule has 92 valence electrons. The number of hydrogen-bond acceptors (Lipinski definition) is 3. The number of sulfone groups is 1. The lowest BCUT2D eigenvalue weighted by Gasteiger charge is -2.09. The van der Waals surface area contributed by atoms with E-state index in [1.54, 1.807) is 0 Å². The van der Waals surface area contributed by atoms with Crippen LogP contribution in [0, 0.1) is 11.8 Å². The van der Waals surface area contributed by atoms with Crippen LogP contribution in [-0.2, 0) is 9.84 Å². The van der Waals surface area contributed by atoms with Crippen molar-refractivity contribution >= 4 is 9.84 Å². The average Bonchev–Trinajstić information content (AvgIpc) is 2.09. The van der Waals surface area contributed by atoms with Crippen LogP contribution in [0.25, 0.3) is 0 Å². The van der Waals surface area contributed by atoms with E-state index in [1.807, 2.05) is 13.8 Å². The van der Waals surface area contributed by atoms with Crippen LogP contribution in [0.3, 0.4) is 0 Å². The molecule has 0 aliphatic carbocycles. The molecule has 0 atom stereocenters. The Balaban J connectivity index is 3.66. The van der Waals surface area contributed by atoms with Crippen molar-refractivity contribution in [1.82, 2.24) is 5.32 Å². The van der Waals surface area contributed by atoms with Crippen LogP contribution < -0.4 is 5.32 Å². The Kier molecular flexibility index (Phi) is 7.18. The second-order valence-electron chi connectivity index (χ2n) is 4.93. The zero-order valence-electron chi connectivity index (χ0n) is 10.4. The highest BCUT2D eigenvalue weighted by Gasteiger charge is 2.10. The Morgan fingerprint density at radius 1 is 1.00 bits per heavy atom. The maximum absolute atomic E-state index is 11.5. The van der Waals surface area contributed by atoms with Crippen molar-refractivity contribution in [2.45, 2.75) is 34.1 Å². The van der Waals surface area contributed by atoms with Gasteiger partial charge in [0.15, 0.2) is 9.84 Å². The number of rotatable bonds is 8. The zero-order chi connectivity index (χ0) is 11.9. The first-order valence-electron chi connectivity index (χ1n) is 5.74. The second-order valence-corrected chi connectivity index (χ2v) is 7.24. The fraction of sp³-hybridized carbons (Fsp3) is 1.00. The topological polar surface area (TPSA) is 46.2 Å². The first-order valence-corrected chi connectivity index (χ1v) is 7.57. The van der Waals surface area contributed by atoms with Gasteiger partial charge in [-0.2, -0.15) is 0 Å². The van der Waals surface area contributed by atoms with Crippen molar-refractivity contribution in [2.24, 2.45) is 11.8 Å². The van der Waals surface area contributed by atoms with E-state index in [1.165, 1.54) is 0 Å². The van der Waals surface area contributed by atoms with Crippen molar-refractivity contribution in [3.05, 3.63) is 0 Å². The van der Waals surface area contributed by atoms with Crippen LogP contribution in [0.15, 0.2) is 0 Å². The molecule has 0 aliphatic rings. The van der Waals surface area contributed by atoms with Gasteiger partial charge in [-0.25, -0.2) is 8.42 Å². The summed E-state index contributed by atoms with van der Waals surface area (Å²) in [5, 5.41) is 3.15. The lowest BCUT2D eigenvalue weighted by molar-refractivity contribution is 0.551. The van der Waals surface area contributed by atoms with Gasteiger partial charge in [-0.05, 0) is 24.8 Å². The normalized spacial score (nSPS) is 12.7. The highest BCUT2D eigenvalue weighted by atomic mass is 32.2. The Labute approximate surface area is 94.6 Å². The molecule has 0 heterocycles. The standard InChI is InChI=1S/C11H25NO2S/c1-10(2)5-7-15(13,14)8-6-12-9-11(3)4/h10-12H,5-9H2,1-4H3. The molecular formula is C11H25NO2S. The van der Waals surface area contributed by atoms with Crippen LogP contribution in [0.5, 0.6) is 0 Å². The predicted octanol–water partition coefficient (Wildman–Crippen LogP) is 1.69. The van der Waals surface area contributed by atoms with E-state index in [0.29, 0.717) is 24.1 Å². The van der Waals surface area contributed by atoms with Gasteiger partial charge in [0.1, 0.15) is 0 Å². The van der Waals surface area contributed by atoms with Gasteiger partial charge < -0.3 is 5.32 Å². The summed E-state index contributed by atoms with van der Waals surface area (Å²) in [6, 6.07) is 0. The van der Waals surface area contributed by atoms with Crippen LogP contribution in [0.2, 0.25) is 0 Å². The van der Waals surface area contributed by atoms with Gasteiger partial charge in [0.05, 0.1) is 11.5 Å². The molecule has 15 heavy (non-hydrogen) atoms. The van der Waals surface area contributed by atoms with E-state index in [4.69, 9.17) is 0 Å². The summed E-state index contributed by atoms with van der Waals surface area (Å²) < 4.78 is 23.1. The Morgan fingerprint density at radius 3 is 2.07 bits per heavy atom. The summed E-state index contributed by atoms with van der Waals surface area (Å²) in [4.78, 5) is 0. The lowest BCUT2D eigenvalue weighted by Crippen LogP contribution is -2.27. The smallest absolute Gasteiger partial charge is 0.151 e. The molecule has 0 rings (SSSR count). The summed E-state index contributed by atoms with van der Waals surface area (Å²) in [5.74, 6) is 1.63. The van der Waals surface area contributed by atoms with Gasteiger partial charge in [-0.1, -0.05) is 27.7 Å². The first-order chi connectivity index (χ1) is 6.83. The molecule has 0 aromatic heterocycles. The van der Waals surface area contributed by atoms with Gasteiger partial charge in [0.2, 0.25) is 0 Å². The van der Waals surface area contributed by atoms with Crippen molar-refractivity contribution in [3.63, 3.8) is 0 Å². The van der Waals surface area contributed by atoms with E-state index < -0.39 is 9.84 Å². The lowest BCUT2D eigenvalue weighted by atomic mass is 10.2. The highest BCUT2D eigenvalue weighted by molar-refractivity contribution is 7.91. The summed E-state index contributed by atoms with van der Waals surface area (Å²) in [6.07, 6.45) is 0.770. The molecule has 0 saturated heterocycles. The Bertz CT molecular complexity index is 245. The highest BCUT2D eigenvalue weighted by Crippen LogP contribution is 2.03. The average molecular weight is 235 g/mol. The van der Waals surface area contributed by atoms with Crippen molar-refractivity contribution in [3.8, 4) is 0 Å². The van der Waals surface area contributed by atoms with Gasteiger partial charge >= 0.3 is 0 Å². The van der Waals surface area contributed by atoms with Gasteiger partial charge in [-0.3, -0.25) is 0 Å². The molecule has 3 nitrogen and oxygen atoms in total. The minimum absolute atomic E-state index is 0.270. The van der Waals surface area contributed by atoms with Crippen molar-refractivity contribution < 1.29 is 8.42 Å². The summed E-state index contributed by atoms with van der Waals surface area (Å²) >= 11 is 0. The predicted molar refractivity (Wildman–Crippen MR) is 65.8 cm³/mol. The largest absolute Gasteiger partial charge is 0.315 e. The van der Waals surface area contributed by atoms with Gasteiger partial charge in [-0.15, -0.1) is 0 Å². The maximum Gasteiger partial charge on any atom is 0.151 e. The molecule has 0 bridgehead atoms. The number of hydrogen-bond donors (Lipinski definition) is 1. The Hall–Kier alpha value is -0.0900. The molecule has 0 aromatic carbocycles. The molecular weight excluding hydrogens is 210 g/mol. The van der Waals surface area contributed by atoms with Crippen molar-refractivity contribution in [1.29, 1.82) is 0 Å². The molecule has 0 aliphatic heterocycles. The quantitative estimate of drug-likeness (QED) is 0.651. The number of nitrogens with one attached hydrogen (secondary N) is 1. The molecule has 0 fully saturated rings. The zero-order valence-corrected chi connectivity index (χ0v) is 11.2. The van der Waals surface area contributed by atoms with Crippen LogP contribution >= 0.6 is 0 Å². The molecule has 0 unspecified atom stereocenters. The van der Waals surface area contributed by atoms with E-state index in [-0.39, 0.29) is 5.75 Å². The van der Waals surface area contributed by atoms with Crippen LogP contribution in [0.4, 0.5) is 0 Å². The van der Waals surface area contributed by atoms with Gasteiger partial charge in [0.25, 0.3) is 0 Å². The van der Waals surface area contributed by atoms with E-state index >= 15 is 0 Å². The third-order valence-electron chi connectivity index (χ3n) is 2.15. The molecule has 0 saturated carbocycles. The molecule has 1 N–H and O–H groups in total. The minimum atomic E-state index is -2.84. The second kappa shape index (κ2) is 7.23. The Morgan fingerprint density at radius 2 is 1.60 bits per heavy atom. The fourth-order valence-corrected chi connectivity index (χ4v) is 2.63. The monoisotopic (exact) mass is 235 g/mol. The van der Waals surface area contributed by atoms with Crippen LogP contribution in [-0.4, -0.2) is 33.0 Å². The summed E-state index contributed by atoms with van der Waals surface area (Å²) in [6.45, 7) is 9.79. The molecule has 0 radical (unpaired) electrons. The molecule has 0 spiro atoms. The maximum atomic E-state index is 11.5. The summed E-state index contributed by atoms with van der Waals surface area (Å²) in [7, 11) is -2.84. The van der Waals surface area contributed by atoms with Gasteiger partial charge in [0, 0.05) is 6.54 Å². The first kappa shape index (κ1) is 14.9.